The molecule has 0 bridgehead atoms. The van der Waals surface area contributed by atoms with Gasteiger partial charge in [-0.25, -0.2) is 0 Å². The Morgan fingerprint density at radius 3 is 2.90 bits per heavy atom. The van der Waals surface area contributed by atoms with Crippen molar-refractivity contribution in [1.82, 2.24) is 9.59 Å². The lowest BCUT2D eigenvalue weighted by Crippen LogP contribution is -2.13. The van der Waals surface area contributed by atoms with E-state index in [4.69, 9.17) is 5.73 Å². The van der Waals surface area contributed by atoms with Crippen LogP contribution in [0.2, 0.25) is 0 Å². The lowest BCUT2D eigenvalue weighted by Gasteiger charge is -2.09. The fourth-order valence-corrected chi connectivity index (χ4v) is 2.41. The summed E-state index contributed by atoms with van der Waals surface area (Å²) in [6.07, 6.45) is 0.799. The summed E-state index contributed by atoms with van der Waals surface area (Å²) in [6, 6.07) is 5.70. The number of hydrogen-bond acceptors (Lipinski definition) is 5. The summed E-state index contributed by atoms with van der Waals surface area (Å²) in [4.78, 5) is 12.7. The molecule has 0 aliphatic carbocycles. The molecule has 0 aliphatic heterocycles. The van der Waals surface area contributed by atoms with Crippen molar-refractivity contribution in [3.8, 4) is 11.8 Å². The number of hydrogen-bond donors (Lipinski definition) is 2. The van der Waals surface area contributed by atoms with Crippen molar-refractivity contribution >= 4 is 23.1 Å². The fourth-order valence-electron chi connectivity index (χ4n) is 1.86. The second-order valence-corrected chi connectivity index (χ2v) is 5.13. The maximum atomic E-state index is 12.2. The lowest BCUT2D eigenvalue weighted by atomic mass is 10.1. The van der Waals surface area contributed by atoms with Gasteiger partial charge in [0.2, 0.25) is 0 Å². The van der Waals surface area contributed by atoms with Crippen LogP contribution in [0.15, 0.2) is 18.2 Å². The third-order valence-electron chi connectivity index (χ3n) is 2.93. The highest BCUT2D eigenvalue weighted by Gasteiger charge is 2.14. The van der Waals surface area contributed by atoms with Gasteiger partial charge in [-0.2, -0.15) is 0 Å². The molecule has 2 rings (SSSR count). The van der Waals surface area contributed by atoms with E-state index < -0.39 is 0 Å². The first kappa shape index (κ1) is 15.2. The van der Waals surface area contributed by atoms with E-state index in [1.165, 1.54) is 0 Å². The van der Waals surface area contributed by atoms with Gasteiger partial charge in [-0.3, -0.25) is 4.79 Å². The normalized spacial score (nSPS) is 9.86. The molecule has 5 nitrogen and oxygen atoms in total. The summed E-state index contributed by atoms with van der Waals surface area (Å²) in [7, 11) is 0. The summed E-state index contributed by atoms with van der Waals surface area (Å²) < 4.78 is 3.78. The zero-order valence-electron chi connectivity index (χ0n) is 11.9. The first-order valence-electron chi connectivity index (χ1n) is 6.57. The molecule has 6 heteroatoms. The predicted octanol–water partition coefficient (Wildman–Crippen LogP) is 1.97. The fraction of sp³-hybridized carbons (Fsp3) is 0.267. The average Bonchev–Trinajstić information content (AvgIpc) is 2.92. The third-order valence-corrected chi connectivity index (χ3v) is 3.75. The van der Waals surface area contributed by atoms with Crippen LogP contribution in [0.25, 0.3) is 0 Å². The zero-order chi connectivity index (χ0) is 15.2. The van der Waals surface area contributed by atoms with Gasteiger partial charge in [0.05, 0.1) is 12.2 Å². The van der Waals surface area contributed by atoms with Gasteiger partial charge in [-0.1, -0.05) is 23.3 Å². The van der Waals surface area contributed by atoms with Crippen LogP contribution in [-0.4, -0.2) is 22.0 Å². The van der Waals surface area contributed by atoms with Crippen LogP contribution in [0.3, 0.4) is 0 Å². The number of aromatic nitrogens is 2. The maximum absolute atomic E-state index is 12.2. The van der Waals surface area contributed by atoms with Gasteiger partial charge < -0.3 is 11.1 Å². The number of nitrogens with two attached hydrogens (primary N) is 1. The molecule has 0 fully saturated rings. The molecule has 0 spiro atoms. The molecule has 0 saturated carbocycles. The van der Waals surface area contributed by atoms with Gasteiger partial charge >= 0.3 is 0 Å². The van der Waals surface area contributed by atoms with E-state index in [1.807, 2.05) is 25.1 Å². The van der Waals surface area contributed by atoms with Crippen LogP contribution in [0.5, 0.6) is 0 Å². The number of amides is 1. The number of carbonyl (C=O) groups excluding carboxylic acids is 1. The van der Waals surface area contributed by atoms with Crippen LogP contribution in [0, 0.1) is 18.8 Å². The largest absolute Gasteiger partial charge is 0.321 e. The van der Waals surface area contributed by atoms with Crippen LogP contribution >= 0.6 is 11.5 Å². The van der Waals surface area contributed by atoms with E-state index in [1.54, 1.807) is 6.92 Å². The van der Waals surface area contributed by atoms with Crippen molar-refractivity contribution in [3.05, 3.63) is 39.9 Å². The average molecular weight is 300 g/mol. The van der Waals surface area contributed by atoms with Crippen molar-refractivity contribution in [2.24, 2.45) is 5.73 Å². The quantitative estimate of drug-likeness (QED) is 0.849. The van der Waals surface area contributed by atoms with Crippen molar-refractivity contribution in [2.75, 3.05) is 11.9 Å². The Morgan fingerprint density at radius 1 is 1.48 bits per heavy atom. The minimum absolute atomic E-state index is 0.182. The summed E-state index contributed by atoms with van der Waals surface area (Å²) in [5, 5.41) is 6.75. The topological polar surface area (TPSA) is 80.9 Å². The maximum Gasteiger partial charge on any atom is 0.269 e. The molecular weight excluding hydrogens is 284 g/mol. The molecule has 2 aromatic rings. The highest BCUT2D eigenvalue weighted by atomic mass is 32.1. The molecule has 0 unspecified atom stereocenters. The Labute approximate surface area is 127 Å². The highest BCUT2D eigenvalue weighted by molar-refractivity contribution is 7.08. The Hall–Kier alpha value is -2.23. The Balaban J connectivity index is 2.24. The summed E-state index contributed by atoms with van der Waals surface area (Å²) in [5.74, 6) is 5.63. The molecule has 1 aromatic heterocycles. The van der Waals surface area contributed by atoms with Crippen LogP contribution in [0.4, 0.5) is 5.69 Å². The molecule has 0 saturated heterocycles. The standard InChI is InChI=1S/C15H16N4OS/c1-3-12-9-11(5-4-8-16)6-7-13(12)17-15(20)14-10(2)18-19-21-14/h6-7,9H,3,8,16H2,1-2H3,(H,17,20). The Bertz CT molecular complexity index is 712. The van der Waals surface area contributed by atoms with Gasteiger partial charge in [-0.05, 0) is 48.6 Å². The highest BCUT2D eigenvalue weighted by Crippen LogP contribution is 2.20. The molecule has 3 N–H and O–H groups in total. The number of nitrogens with one attached hydrogen (secondary N) is 1. The van der Waals surface area contributed by atoms with E-state index in [-0.39, 0.29) is 5.91 Å². The molecule has 1 aromatic carbocycles. The number of anilines is 1. The van der Waals surface area contributed by atoms with Crippen molar-refractivity contribution in [2.45, 2.75) is 20.3 Å². The molecule has 0 atom stereocenters. The monoisotopic (exact) mass is 300 g/mol. The number of aryl methyl sites for hydroxylation is 2. The molecule has 21 heavy (non-hydrogen) atoms. The molecule has 0 aliphatic rings. The number of benzene rings is 1. The minimum Gasteiger partial charge on any atom is -0.321 e. The van der Waals surface area contributed by atoms with E-state index >= 15 is 0 Å². The summed E-state index contributed by atoms with van der Waals surface area (Å²) in [6.45, 7) is 4.13. The van der Waals surface area contributed by atoms with Gasteiger partial charge in [0, 0.05) is 11.3 Å². The van der Waals surface area contributed by atoms with Crippen molar-refractivity contribution in [1.29, 1.82) is 0 Å². The molecule has 1 heterocycles. The molecule has 1 amide bonds. The minimum atomic E-state index is -0.182. The van der Waals surface area contributed by atoms with E-state index in [0.29, 0.717) is 17.1 Å². The van der Waals surface area contributed by atoms with Gasteiger partial charge in [0.25, 0.3) is 5.91 Å². The van der Waals surface area contributed by atoms with Crippen molar-refractivity contribution < 1.29 is 4.79 Å². The van der Waals surface area contributed by atoms with E-state index in [0.717, 1.165) is 34.8 Å². The second-order valence-electron chi connectivity index (χ2n) is 4.37. The Kier molecular flexibility index (Phi) is 5.04. The van der Waals surface area contributed by atoms with Gasteiger partial charge in [0.15, 0.2) is 0 Å². The summed E-state index contributed by atoms with van der Waals surface area (Å²) in [5.41, 5.74) is 8.72. The van der Waals surface area contributed by atoms with E-state index in [2.05, 4.69) is 26.7 Å². The van der Waals surface area contributed by atoms with Gasteiger partial charge in [-0.15, -0.1) is 5.10 Å². The SMILES string of the molecule is CCc1cc(C#CCN)ccc1NC(=O)c1snnc1C. The third kappa shape index (κ3) is 3.66. The van der Waals surface area contributed by atoms with Crippen LogP contribution in [0.1, 0.15) is 33.4 Å². The first-order chi connectivity index (χ1) is 10.2. The smallest absolute Gasteiger partial charge is 0.269 e. The van der Waals surface area contributed by atoms with Gasteiger partial charge in [0.1, 0.15) is 4.88 Å². The predicted molar refractivity (Wildman–Crippen MR) is 84.4 cm³/mol. The molecule has 0 radical (unpaired) electrons. The zero-order valence-corrected chi connectivity index (χ0v) is 12.8. The second kappa shape index (κ2) is 6.97. The lowest BCUT2D eigenvalue weighted by molar-refractivity contribution is 0.102. The number of rotatable bonds is 3. The first-order valence-corrected chi connectivity index (χ1v) is 7.35. The summed E-state index contributed by atoms with van der Waals surface area (Å²) >= 11 is 1.10. The van der Waals surface area contributed by atoms with E-state index in [9.17, 15) is 4.79 Å². The number of carbonyl (C=O) groups is 1. The number of nitrogens with zero attached hydrogens (tertiary/aromatic N) is 2. The molecule has 108 valence electrons. The van der Waals surface area contributed by atoms with Crippen LogP contribution in [-0.2, 0) is 6.42 Å². The Morgan fingerprint density at radius 2 is 2.29 bits per heavy atom. The van der Waals surface area contributed by atoms with Crippen molar-refractivity contribution in [3.63, 3.8) is 0 Å². The molecular formula is C15H16N4OS. The van der Waals surface area contributed by atoms with Crippen LogP contribution < -0.4 is 11.1 Å².